The number of sulfonamides is 1. The first-order valence-electron chi connectivity index (χ1n) is 14.6. The number of hydrogen-bond acceptors (Lipinski definition) is 6. The van der Waals surface area contributed by atoms with Gasteiger partial charge in [0.25, 0.3) is 15.9 Å². The van der Waals surface area contributed by atoms with Crippen LogP contribution < -0.4 is 14.8 Å². The van der Waals surface area contributed by atoms with Gasteiger partial charge >= 0.3 is 6.03 Å². The van der Waals surface area contributed by atoms with Crippen LogP contribution in [0, 0.1) is 0 Å². The van der Waals surface area contributed by atoms with Crippen molar-refractivity contribution in [2.75, 3.05) is 19.0 Å². The number of carbonyl (C=O) groups excluding carboxylic acids is 3. The Hall–Kier alpha value is -4.18. The van der Waals surface area contributed by atoms with Gasteiger partial charge in [0.1, 0.15) is 5.75 Å². The van der Waals surface area contributed by atoms with E-state index >= 15 is 0 Å². The van der Waals surface area contributed by atoms with E-state index in [0.717, 1.165) is 60.9 Å². The summed E-state index contributed by atoms with van der Waals surface area (Å²) in [6.45, 7) is 3.72. The molecular weight excluding hydrogens is 566 g/mol. The predicted molar refractivity (Wildman–Crippen MR) is 162 cm³/mol. The second-order valence-electron chi connectivity index (χ2n) is 12.0. The number of fused-ring (bicyclic) bond motifs is 3. The van der Waals surface area contributed by atoms with Gasteiger partial charge in [-0.3, -0.25) is 14.5 Å². The number of hydrogen-bond donors (Lipinski definition) is 2. The lowest BCUT2D eigenvalue weighted by Crippen LogP contribution is -2.52. The third-order valence-electron chi connectivity index (χ3n) is 8.95. The molecule has 0 bridgehead atoms. The van der Waals surface area contributed by atoms with Crippen molar-refractivity contribution in [3.63, 3.8) is 0 Å². The Morgan fingerprint density at radius 1 is 0.930 bits per heavy atom. The lowest BCUT2D eigenvalue weighted by molar-refractivity contribution is -0.134. The van der Waals surface area contributed by atoms with E-state index in [2.05, 4.69) is 16.1 Å². The van der Waals surface area contributed by atoms with Gasteiger partial charge in [0.15, 0.2) is 0 Å². The van der Waals surface area contributed by atoms with E-state index < -0.39 is 21.5 Å². The Bertz CT molecular complexity index is 1730. The lowest BCUT2D eigenvalue weighted by atomic mass is 9.77. The van der Waals surface area contributed by atoms with E-state index in [1.54, 1.807) is 44.2 Å². The highest BCUT2D eigenvalue weighted by molar-refractivity contribution is 7.90. The monoisotopic (exact) mass is 601 g/mol. The maximum Gasteiger partial charge on any atom is 0.333 e. The molecule has 3 aromatic rings. The maximum atomic E-state index is 13.3. The number of methoxy groups -OCH3 is 1. The molecule has 0 fully saturated rings. The number of imide groups is 1. The standard InChI is InChI=1S/C33H35N3O6S/c1-33(2)28-15-12-23(42-3)19-27(28)30(37)36(31(33)38)17-16-20-10-13-24(14-11-20)43(40,41)35-32(39)34-29-25-8-4-6-21(25)18-22-7-5-9-26(22)29/h10-15,18-19H,4-9,16-17H2,1-3H3,(H2,34,35,39). The first kappa shape index (κ1) is 28.9. The molecule has 0 spiro atoms. The topological polar surface area (TPSA) is 122 Å². The molecule has 3 aromatic carbocycles. The molecule has 1 heterocycles. The number of carbonyl (C=O) groups is 3. The Morgan fingerprint density at radius 2 is 1.58 bits per heavy atom. The zero-order valence-electron chi connectivity index (χ0n) is 24.6. The van der Waals surface area contributed by atoms with E-state index in [1.807, 2.05) is 0 Å². The van der Waals surface area contributed by atoms with Gasteiger partial charge in [-0.1, -0.05) is 24.3 Å². The van der Waals surface area contributed by atoms with E-state index in [-0.39, 0.29) is 23.3 Å². The van der Waals surface area contributed by atoms with Crippen LogP contribution in [0.4, 0.5) is 10.5 Å². The molecule has 4 amide bonds. The first-order chi connectivity index (χ1) is 20.5. The average Bonchev–Trinajstić information content (AvgIpc) is 3.65. The van der Waals surface area contributed by atoms with Crippen LogP contribution in [-0.2, 0) is 52.3 Å². The fraction of sp³-hybridized carbons (Fsp3) is 0.364. The van der Waals surface area contributed by atoms with Crippen molar-refractivity contribution in [3.8, 4) is 5.75 Å². The number of amides is 4. The van der Waals surface area contributed by atoms with Crippen molar-refractivity contribution < 1.29 is 27.5 Å². The summed E-state index contributed by atoms with van der Waals surface area (Å²) in [6, 6.07) is 12.7. The van der Waals surface area contributed by atoms with Crippen LogP contribution >= 0.6 is 0 Å². The quantitative estimate of drug-likeness (QED) is 0.379. The van der Waals surface area contributed by atoms with Crippen molar-refractivity contribution in [2.45, 2.75) is 69.1 Å². The number of nitrogens with zero attached hydrogens (tertiary/aromatic N) is 1. The van der Waals surface area contributed by atoms with Crippen molar-refractivity contribution in [3.05, 3.63) is 87.5 Å². The summed E-state index contributed by atoms with van der Waals surface area (Å²) < 4.78 is 33.6. The van der Waals surface area contributed by atoms with Crippen molar-refractivity contribution in [2.24, 2.45) is 0 Å². The molecule has 1 aliphatic heterocycles. The summed E-state index contributed by atoms with van der Waals surface area (Å²) in [5.41, 5.74) is 6.45. The highest BCUT2D eigenvalue weighted by Gasteiger charge is 2.44. The van der Waals surface area contributed by atoms with Crippen LogP contribution in [0.5, 0.6) is 5.75 Å². The van der Waals surface area contributed by atoms with Gasteiger partial charge in [-0.25, -0.2) is 17.9 Å². The van der Waals surface area contributed by atoms with Crippen LogP contribution in [0.3, 0.4) is 0 Å². The molecule has 0 aromatic heterocycles. The van der Waals surface area contributed by atoms with Crippen LogP contribution in [0.15, 0.2) is 53.4 Å². The Morgan fingerprint density at radius 3 is 2.21 bits per heavy atom. The van der Waals surface area contributed by atoms with Crippen LogP contribution in [0.1, 0.15) is 70.4 Å². The van der Waals surface area contributed by atoms with Gasteiger partial charge in [0.05, 0.1) is 17.4 Å². The Kier molecular flexibility index (Phi) is 7.28. The fourth-order valence-corrected chi connectivity index (χ4v) is 7.54. The predicted octanol–water partition coefficient (Wildman–Crippen LogP) is 4.69. The molecule has 0 saturated heterocycles. The minimum Gasteiger partial charge on any atom is -0.497 e. The number of urea groups is 1. The Labute approximate surface area is 251 Å². The van der Waals surface area contributed by atoms with Crippen LogP contribution in [0.2, 0.25) is 0 Å². The largest absolute Gasteiger partial charge is 0.497 e. The number of ether oxygens (including phenoxy) is 1. The Balaban J connectivity index is 1.13. The molecule has 43 heavy (non-hydrogen) atoms. The van der Waals surface area contributed by atoms with Gasteiger partial charge in [-0.05, 0) is 116 Å². The van der Waals surface area contributed by atoms with Crippen molar-refractivity contribution in [1.29, 1.82) is 0 Å². The molecule has 10 heteroatoms. The van der Waals surface area contributed by atoms with Gasteiger partial charge in [0, 0.05) is 17.8 Å². The second kappa shape index (κ2) is 10.8. The molecule has 0 atom stereocenters. The zero-order chi connectivity index (χ0) is 30.5. The molecular formula is C33H35N3O6S. The van der Waals surface area contributed by atoms with Gasteiger partial charge < -0.3 is 10.1 Å². The molecule has 0 saturated carbocycles. The lowest BCUT2D eigenvalue weighted by Gasteiger charge is -2.37. The summed E-state index contributed by atoms with van der Waals surface area (Å²) in [5.74, 6) is -0.144. The third-order valence-corrected chi connectivity index (χ3v) is 10.3. The average molecular weight is 602 g/mol. The van der Waals surface area contributed by atoms with Gasteiger partial charge in [-0.15, -0.1) is 0 Å². The maximum absolute atomic E-state index is 13.3. The van der Waals surface area contributed by atoms with Crippen LogP contribution in [-0.4, -0.2) is 44.8 Å². The minimum atomic E-state index is -4.13. The zero-order valence-corrected chi connectivity index (χ0v) is 25.4. The number of benzene rings is 3. The van der Waals surface area contributed by atoms with Gasteiger partial charge in [-0.2, -0.15) is 0 Å². The smallest absolute Gasteiger partial charge is 0.333 e. The molecule has 3 aliphatic rings. The highest BCUT2D eigenvalue weighted by atomic mass is 32.2. The minimum absolute atomic E-state index is 0.0535. The third kappa shape index (κ3) is 5.18. The van der Waals surface area contributed by atoms with E-state index in [1.165, 1.54) is 35.3 Å². The molecule has 224 valence electrons. The number of anilines is 1. The molecule has 0 radical (unpaired) electrons. The summed E-state index contributed by atoms with van der Waals surface area (Å²) in [4.78, 5) is 40.7. The number of rotatable bonds is 7. The molecule has 2 aliphatic carbocycles. The number of aryl methyl sites for hydroxylation is 2. The first-order valence-corrected chi connectivity index (χ1v) is 16.1. The van der Waals surface area contributed by atoms with Crippen LogP contribution in [0.25, 0.3) is 0 Å². The van der Waals surface area contributed by atoms with Crippen molar-refractivity contribution >= 4 is 33.6 Å². The summed E-state index contributed by atoms with van der Waals surface area (Å²) >= 11 is 0. The molecule has 2 N–H and O–H groups in total. The SMILES string of the molecule is COc1ccc2c(c1)C(=O)N(CCc1ccc(S(=O)(=O)NC(=O)Nc3c4c(cc5c3CCC5)CCC4)cc1)C(=O)C2(C)C. The molecule has 9 nitrogen and oxygen atoms in total. The normalized spacial score (nSPS) is 16.9. The summed E-state index contributed by atoms with van der Waals surface area (Å²) in [7, 11) is -2.60. The van der Waals surface area contributed by atoms with E-state index in [4.69, 9.17) is 4.74 Å². The van der Waals surface area contributed by atoms with Crippen molar-refractivity contribution in [1.82, 2.24) is 9.62 Å². The fourth-order valence-electron chi connectivity index (χ4n) is 6.63. The summed E-state index contributed by atoms with van der Waals surface area (Å²) in [5, 5.41) is 2.86. The second-order valence-corrected chi connectivity index (χ2v) is 13.7. The molecule has 0 unspecified atom stereocenters. The van der Waals surface area contributed by atoms with E-state index in [9.17, 15) is 22.8 Å². The summed E-state index contributed by atoms with van der Waals surface area (Å²) in [6.07, 6.45) is 6.09. The highest BCUT2D eigenvalue weighted by Crippen LogP contribution is 2.39. The van der Waals surface area contributed by atoms with E-state index in [0.29, 0.717) is 23.3 Å². The molecule has 6 rings (SSSR count). The number of nitrogens with one attached hydrogen (secondary N) is 2. The van der Waals surface area contributed by atoms with Gasteiger partial charge in [0.2, 0.25) is 5.91 Å².